The van der Waals surface area contributed by atoms with E-state index in [1.807, 2.05) is 12.1 Å². The molecular formula is C10H11BrO2. The summed E-state index contributed by atoms with van der Waals surface area (Å²) < 4.78 is 0.937. The molecule has 1 rings (SSSR count). The van der Waals surface area contributed by atoms with Crippen LogP contribution in [0.25, 0.3) is 0 Å². The molecule has 0 saturated carbocycles. The molecule has 0 aliphatic rings. The van der Waals surface area contributed by atoms with Crippen molar-refractivity contribution in [2.75, 3.05) is 0 Å². The highest BCUT2D eigenvalue weighted by Crippen LogP contribution is 2.18. The number of aliphatic hydroxyl groups excluding tert-OH is 1. The Morgan fingerprint density at radius 2 is 2.00 bits per heavy atom. The minimum atomic E-state index is -0.974. The van der Waals surface area contributed by atoms with Crippen molar-refractivity contribution in [3.63, 3.8) is 0 Å². The second-order valence-electron chi connectivity index (χ2n) is 2.77. The fourth-order valence-electron chi connectivity index (χ4n) is 1.02. The Morgan fingerprint density at radius 3 is 2.46 bits per heavy atom. The number of carbonyl (C=O) groups is 1. The van der Waals surface area contributed by atoms with E-state index in [1.165, 1.54) is 0 Å². The number of ketones is 1. The van der Waals surface area contributed by atoms with Crippen molar-refractivity contribution in [1.82, 2.24) is 0 Å². The van der Waals surface area contributed by atoms with Gasteiger partial charge < -0.3 is 5.11 Å². The monoisotopic (exact) mass is 242 g/mol. The number of hydrogen-bond donors (Lipinski definition) is 1. The zero-order valence-electron chi connectivity index (χ0n) is 7.33. The lowest BCUT2D eigenvalue weighted by atomic mass is 10.0. The van der Waals surface area contributed by atoms with Gasteiger partial charge in [0.2, 0.25) is 0 Å². The standard InChI is InChI=1S/C10H11BrO2/c1-2-9(12)10(13)7-3-5-8(11)6-4-7/h3-6,10,13H,2H2,1H3. The first-order chi connectivity index (χ1) is 6.15. The number of Topliss-reactive ketones (excluding diaryl/α,β-unsaturated/α-hetero) is 1. The fraction of sp³-hybridized carbons (Fsp3) is 0.300. The quantitative estimate of drug-likeness (QED) is 0.885. The summed E-state index contributed by atoms with van der Waals surface area (Å²) in [5, 5.41) is 9.52. The third-order valence-corrected chi connectivity index (χ3v) is 2.37. The van der Waals surface area contributed by atoms with E-state index in [9.17, 15) is 9.90 Å². The van der Waals surface area contributed by atoms with Crippen molar-refractivity contribution in [3.8, 4) is 0 Å². The number of halogens is 1. The van der Waals surface area contributed by atoms with Crippen LogP contribution in [-0.2, 0) is 4.79 Å². The highest BCUT2D eigenvalue weighted by atomic mass is 79.9. The van der Waals surface area contributed by atoms with Gasteiger partial charge in [0.25, 0.3) is 0 Å². The van der Waals surface area contributed by atoms with Crippen LogP contribution < -0.4 is 0 Å². The maximum Gasteiger partial charge on any atom is 0.165 e. The van der Waals surface area contributed by atoms with Crippen LogP contribution in [0.3, 0.4) is 0 Å². The van der Waals surface area contributed by atoms with Gasteiger partial charge in [-0.25, -0.2) is 0 Å². The molecule has 0 amide bonds. The van der Waals surface area contributed by atoms with E-state index >= 15 is 0 Å². The van der Waals surface area contributed by atoms with Gasteiger partial charge in [0, 0.05) is 10.9 Å². The van der Waals surface area contributed by atoms with Gasteiger partial charge in [0.15, 0.2) is 5.78 Å². The molecule has 1 aromatic carbocycles. The van der Waals surface area contributed by atoms with Crippen LogP contribution in [0.15, 0.2) is 28.7 Å². The molecule has 0 spiro atoms. The lowest BCUT2D eigenvalue weighted by molar-refractivity contribution is -0.127. The van der Waals surface area contributed by atoms with Gasteiger partial charge in [-0.05, 0) is 17.7 Å². The lowest BCUT2D eigenvalue weighted by Gasteiger charge is -2.07. The van der Waals surface area contributed by atoms with E-state index in [0.717, 1.165) is 4.47 Å². The summed E-state index contributed by atoms with van der Waals surface area (Å²) in [6.07, 6.45) is -0.616. The number of carbonyl (C=O) groups excluding carboxylic acids is 1. The van der Waals surface area contributed by atoms with Crippen molar-refractivity contribution < 1.29 is 9.90 Å². The molecule has 0 saturated heterocycles. The highest BCUT2D eigenvalue weighted by Gasteiger charge is 2.14. The molecule has 1 atom stereocenters. The topological polar surface area (TPSA) is 37.3 Å². The molecule has 0 aromatic heterocycles. The third-order valence-electron chi connectivity index (χ3n) is 1.84. The zero-order valence-corrected chi connectivity index (χ0v) is 8.91. The lowest BCUT2D eigenvalue weighted by Crippen LogP contribution is -2.09. The maximum atomic E-state index is 11.1. The van der Waals surface area contributed by atoms with Gasteiger partial charge in [0.05, 0.1) is 0 Å². The minimum absolute atomic E-state index is 0.151. The molecule has 1 unspecified atom stereocenters. The van der Waals surface area contributed by atoms with Gasteiger partial charge >= 0.3 is 0 Å². The Hall–Kier alpha value is -0.670. The fourth-order valence-corrected chi connectivity index (χ4v) is 1.29. The summed E-state index contributed by atoms with van der Waals surface area (Å²) in [4.78, 5) is 11.1. The average molecular weight is 243 g/mol. The zero-order chi connectivity index (χ0) is 9.84. The maximum absolute atomic E-state index is 11.1. The first-order valence-electron chi connectivity index (χ1n) is 4.11. The Bertz CT molecular complexity index is 292. The van der Waals surface area contributed by atoms with Gasteiger partial charge in [-0.1, -0.05) is 35.0 Å². The number of hydrogen-bond acceptors (Lipinski definition) is 2. The van der Waals surface area contributed by atoms with Crippen LogP contribution in [0, 0.1) is 0 Å². The molecule has 0 heterocycles. The summed E-state index contributed by atoms with van der Waals surface area (Å²) in [6.45, 7) is 1.74. The van der Waals surface area contributed by atoms with Crippen molar-refractivity contribution >= 4 is 21.7 Å². The summed E-state index contributed by atoms with van der Waals surface area (Å²) >= 11 is 3.28. The van der Waals surface area contributed by atoms with E-state index < -0.39 is 6.10 Å². The van der Waals surface area contributed by atoms with E-state index in [-0.39, 0.29) is 5.78 Å². The van der Waals surface area contributed by atoms with Gasteiger partial charge in [0.1, 0.15) is 6.10 Å². The highest BCUT2D eigenvalue weighted by molar-refractivity contribution is 9.10. The van der Waals surface area contributed by atoms with Crippen LogP contribution in [0.1, 0.15) is 25.0 Å². The van der Waals surface area contributed by atoms with Crippen molar-refractivity contribution in [1.29, 1.82) is 0 Å². The van der Waals surface area contributed by atoms with E-state index in [4.69, 9.17) is 0 Å². The third kappa shape index (κ3) is 2.64. The predicted molar refractivity (Wildman–Crippen MR) is 54.4 cm³/mol. The number of rotatable bonds is 3. The summed E-state index contributed by atoms with van der Waals surface area (Å²) in [5.74, 6) is -0.151. The van der Waals surface area contributed by atoms with Crippen LogP contribution in [0.2, 0.25) is 0 Å². The van der Waals surface area contributed by atoms with Gasteiger partial charge in [-0.15, -0.1) is 0 Å². The Morgan fingerprint density at radius 1 is 1.46 bits per heavy atom. The SMILES string of the molecule is CCC(=O)C(O)c1ccc(Br)cc1. The van der Waals surface area contributed by atoms with Crippen molar-refractivity contribution in [3.05, 3.63) is 34.3 Å². The summed E-state index contributed by atoms with van der Waals surface area (Å²) in [7, 11) is 0. The minimum Gasteiger partial charge on any atom is -0.381 e. The van der Waals surface area contributed by atoms with Crippen LogP contribution in [0.5, 0.6) is 0 Å². The Labute approximate surface area is 85.7 Å². The van der Waals surface area contributed by atoms with E-state index in [1.54, 1.807) is 19.1 Å². The van der Waals surface area contributed by atoms with Crippen LogP contribution in [0.4, 0.5) is 0 Å². The van der Waals surface area contributed by atoms with Gasteiger partial charge in [-0.3, -0.25) is 4.79 Å². The normalized spacial score (nSPS) is 12.5. The molecule has 0 aliphatic heterocycles. The molecule has 1 N–H and O–H groups in total. The molecule has 1 aromatic rings. The molecule has 13 heavy (non-hydrogen) atoms. The molecule has 0 bridgehead atoms. The van der Waals surface area contributed by atoms with Crippen LogP contribution in [-0.4, -0.2) is 10.9 Å². The summed E-state index contributed by atoms with van der Waals surface area (Å²) in [5.41, 5.74) is 0.648. The molecule has 3 heteroatoms. The predicted octanol–water partition coefficient (Wildman–Crippen LogP) is 2.46. The molecule has 0 radical (unpaired) electrons. The Kier molecular flexibility index (Phi) is 3.63. The second-order valence-corrected chi connectivity index (χ2v) is 3.69. The Balaban J connectivity index is 2.83. The summed E-state index contributed by atoms with van der Waals surface area (Å²) in [6, 6.07) is 7.09. The van der Waals surface area contributed by atoms with E-state index in [0.29, 0.717) is 12.0 Å². The molecule has 2 nitrogen and oxygen atoms in total. The van der Waals surface area contributed by atoms with Crippen molar-refractivity contribution in [2.45, 2.75) is 19.4 Å². The second kappa shape index (κ2) is 4.53. The molecule has 70 valence electrons. The molecule has 0 aliphatic carbocycles. The van der Waals surface area contributed by atoms with Crippen LogP contribution >= 0.6 is 15.9 Å². The van der Waals surface area contributed by atoms with E-state index in [2.05, 4.69) is 15.9 Å². The first-order valence-corrected chi connectivity index (χ1v) is 4.90. The average Bonchev–Trinajstić information content (AvgIpc) is 2.17. The largest absolute Gasteiger partial charge is 0.381 e. The molecule has 0 fully saturated rings. The smallest absolute Gasteiger partial charge is 0.165 e. The number of aliphatic hydroxyl groups is 1. The van der Waals surface area contributed by atoms with Gasteiger partial charge in [-0.2, -0.15) is 0 Å². The number of benzene rings is 1. The first kappa shape index (κ1) is 10.4. The van der Waals surface area contributed by atoms with Crippen molar-refractivity contribution in [2.24, 2.45) is 0 Å². The molecular weight excluding hydrogens is 232 g/mol.